The molecule has 0 saturated heterocycles. The van der Waals surface area contributed by atoms with Crippen LogP contribution in [0.3, 0.4) is 0 Å². The second-order valence-electron chi connectivity index (χ2n) is 6.99. The van der Waals surface area contributed by atoms with E-state index < -0.39 is 6.10 Å². The zero-order valence-corrected chi connectivity index (χ0v) is 15.9. The summed E-state index contributed by atoms with van der Waals surface area (Å²) >= 11 is 0. The fraction of sp³-hybridized carbons (Fsp3) is 0.174. The van der Waals surface area contributed by atoms with Crippen molar-refractivity contribution < 1.29 is 19.0 Å². The lowest BCUT2D eigenvalue weighted by atomic mass is 10.1. The number of anilines is 1. The van der Waals surface area contributed by atoms with Crippen LogP contribution in [0, 0.1) is 0 Å². The first-order chi connectivity index (χ1) is 14.2. The van der Waals surface area contributed by atoms with Gasteiger partial charge in [0.05, 0.1) is 5.52 Å². The Hall–Kier alpha value is -3.67. The molecular formula is C23H20N2O4. The van der Waals surface area contributed by atoms with Crippen LogP contribution in [0.25, 0.3) is 21.8 Å². The Morgan fingerprint density at radius 1 is 0.966 bits per heavy atom. The number of rotatable bonds is 4. The molecule has 4 aromatic rings. The summed E-state index contributed by atoms with van der Waals surface area (Å²) in [5, 5.41) is 5.15. The summed E-state index contributed by atoms with van der Waals surface area (Å²) in [4.78, 5) is 16.0. The van der Waals surface area contributed by atoms with Crippen molar-refractivity contribution in [1.29, 1.82) is 0 Å². The number of para-hydroxylation sites is 1. The molecule has 0 radical (unpaired) electrons. The Morgan fingerprint density at radius 3 is 2.66 bits per heavy atom. The number of nitrogens with one attached hydrogen (secondary N) is 2. The zero-order chi connectivity index (χ0) is 19.8. The van der Waals surface area contributed by atoms with E-state index in [1.807, 2.05) is 36.4 Å². The highest BCUT2D eigenvalue weighted by Crippen LogP contribution is 2.33. The van der Waals surface area contributed by atoms with Gasteiger partial charge in [0, 0.05) is 34.1 Å². The summed E-state index contributed by atoms with van der Waals surface area (Å²) in [6, 6.07) is 19.3. The number of hydrogen-bond donors (Lipinski definition) is 2. The molecule has 1 aromatic heterocycles. The minimum Gasteiger partial charge on any atom is -0.486 e. The summed E-state index contributed by atoms with van der Waals surface area (Å²) < 4.78 is 16.9. The van der Waals surface area contributed by atoms with Gasteiger partial charge in [0.15, 0.2) is 17.6 Å². The van der Waals surface area contributed by atoms with Crippen LogP contribution < -0.4 is 19.5 Å². The zero-order valence-electron chi connectivity index (χ0n) is 15.9. The van der Waals surface area contributed by atoms with Gasteiger partial charge in [-0.1, -0.05) is 18.2 Å². The van der Waals surface area contributed by atoms with Gasteiger partial charge in [-0.3, -0.25) is 4.79 Å². The van der Waals surface area contributed by atoms with Crippen molar-refractivity contribution in [3.8, 4) is 17.2 Å². The van der Waals surface area contributed by atoms with Gasteiger partial charge in [-0.15, -0.1) is 0 Å². The number of H-pyrrole nitrogens is 1. The van der Waals surface area contributed by atoms with Gasteiger partial charge in [-0.05, 0) is 37.3 Å². The van der Waals surface area contributed by atoms with Crippen molar-refractivity contribution in [2.24, 2.45) is 0 Å². The number of aromatic amines is 1. The minimum atomic E-state index is -0.662. The van der Waals surface area contributed by atoms with Crippen LogP contribution in [-0.2, 0) is 4.79 Å². The molecule has 6 heteroatoms. The van der Waals surface area contributed by atoms with Crippen molar-refractivity contribution in [1.82, 2.24) is 4.98 Å². The number of amides is 1. The molecule has 2 N–H and O–H groups in total. The van der Waals surface area contributed by atoms with E-state index >= 15 is 0 Å². The summed E-state index contributed by atoms with van der Waals surface area (Å²) in [6.45, 7) is 2.76. The first-order valence-electron chi connectivity index (χ1n) is 9.55. The molecule has 0 saturated carbocycles. The molecule has 0 bridgehead atoms. The topological polar surface area (TPSA) is 72.6 Å². The van der Waals surface area contributed by atoms with Crippen LogP contribution in [0.5, 0.6) is 17.2 Å². The van der Waals surface area contributed by atoms with Crippen molar-refractivity contribution in [2.45, 2.75) is 13.0 Å². The highest BCUT2D eigenvalue weighted by molar-refractivity contribution is 6.07. The van der Waals surface area contributed by atoms with E-state index in [9.17, 15) is 4.79 Å². The molecule has 1 aliphatic rings. The molecule has 0 aliphatic carbocycles. The Bertz CT molecular complexity index is 1210. The second kappa shape index (κ2) is 7.05. The molecule has 1 amide bonds. The number of aromatic nitrogens is 1. The van der Waals surface area contributed by atoms with E-state index in [-0.39, 0.29) is 5.91 Å². The SMILES string of the molecule is C[C@H](Oc1ccc2c(c1)[nH]c1ccccc12)C(=O)Nc1ccc2c(c1)OCCO2. The summed E-state index contributed by atoms with van der Waals surface area (Å²) in [7, 11) is 0. The van der Waals surface area contributed by atoms with Gasteiger partial charge in [-0.2, -0.15) is 0 Å². The highest BCUT2D eigenvalue weighted by Gasteiger charge is 2.18. The lowest BCUT2D eigenvalue weighted by Gasteiger charge is -2.19. The van der Waals surface area contributed by atoms with Gasteiger partial charge < -0.3 is 24.5 Å². The Kier molecular flexibility index (Phi) is 4.24. The minimum absolute atomic E-state index is 0.238. The number of ether oxygens (including phenoxy) is 3. The Labute approximate surface area is 167 Å². The van der Waals surface area contributed by atoms with Gasteiger partial charge >= 0.3 is 0 Å². The smallest absolute Gasteiger partial charge is 0.265 e. The number of carbonyl (C=O) groups is 1. The molecule has 1 atom stereocenters. The van der Waals surface area contributed by atoms with Crippen LogP contribution in [0.1, 0.15) is 6.92 Å². The molecular weight excluding hydrogens is 368 g/mol. The first-order valence-corrected chi connectivity index (χ1v) is 9.55. The largest absolute Gasteiger partial charge is 0.486 e. The van der Waals surface area contributed by atoms with Gasteiger partial charge in [0.1, 0.15) is 19.0 Å². The normalized spacial score (nSPS) is 14.0. The van der Waals surface area contributed by atoms with Gasteiger partial charge in [0.2, 0.25) is 0 Å². The van der Waals surface area contributed by atoms with Crippen LogP contribution in [0.4, 0.5) is 5.69 Å². The number of benzene rings is 3. The molecule has 0 unspecified atom stereocenters. The van der Waals surface area contributed by atoms with Crippen molar-refractivity contribution >= 4 is 33.4 Å². The van der Waals surface area contributed by atoms with E-state index in [0.29, 0.717) is 36.1 Å². The summed E-state index contributed by atoms with van der Waals surface area (Å²) in [5.41, 5.74) is 2.69. The molecule has 6 nitrogen and oxygen atoms in total. The fourth-order valence-electron chi connectivity index (χ4n) is 3.53. The molecule has 0 fully saturated rings. The quantitative estimate of drug-likeness (QED) is 0.540. The van der Waals surface area contributed by atoms with Gasteiger partial charge in [0.25, 0.3) is 5.91 Å². The third-order valence-corrected chi connectivity index (χ3v) is 4.97. The molecule has 146 valence electrons. The first kappa shape index (κ1) is 17.4. The number of hydrogen-bond acceptors (Lipinski definition) is 4. The standard InChI is InChI=1S/C23H20N2O4/c1-14(23(26)24-15-6-9-21-22(12-15)28-11-10-27-21)29-16-7-8-18-17-4-2-3-5-19(17)25-20(18)13-16/h2-9,12-14,25H,10-11H2,1H3,(H,24,26)/t14-/m0/s1. The highest BCUT2D eigenvalue weighted by atomic mass is 16.6. The van der Waals surface area contributed by atoms with Crippen LogP contribution in [-0.4, -0.2) is 30.2 Å². The Morgan fingerprint density at radius 2 is 1.76 bits per heavy atom. The summed E-state index contributed by atoms with van der Waals surface area (Å²) in [6.07, 6.45) is -0.662. The number of fused-ring (bicyclic) bond motifs is 4. The van der Waals surface area contributed by atoms with E-state index in [1.54, 1.807) is 25.1 Å². The third-order valence-electron chi connectivity index (χ3n) is 4.97. The molecule has 3 aromatic carbocycles. The lowest BCUT2D eigenvalue weighted by molar-refractivity contribution is -0.122. The lowest BCUT2D eigenvalue weighted by Crippen LogP contribution is -2.30. The van der Waals surface area contributed by atoms with E-state index in [0.717, 1.165) is 16.4 Å². The van der Waals surface area contributed by atoms with Crippen molar-refractivity contribution in [3.05, 3.63) is 60.7 Å². The van der Waals surface area contributed by atoms with E-state index in [4.69, 9.17) is 14.2 Å². The third kappa shape index (κ3) is 3.33. The molecule has 0 spiro atoms. The fourth-order valence-corrected chi connectivity index (χ4v) is 3.53. The maximum atomic E-state index is 12.6. The molecule has 5 rings (SSSR count). The van der Waals surface area contributed by atoms with E-state index in [1.165, 1.54) is 5.39 Å². The average molecular weight is 388 g/mol. The summed E-state index contributed by atoms with van der Waals surface area (Å²) in [5.74, 6) is 1.71. The van der Waals surface area contributed by atoms with Crippen LogP contribution in [0.2, 0.25) is 0 Å². The Balaban J connectivity index is 1.31. The predicted molar refractivity (Wildman–Crippen MR) is 112 cm³/mol. The van der Waals surface area contributed by atoms with Crippen molar-refractivity contribution in [2.75, 3.05) is 18.5 Å². The average Bonchev–Trinajstić information content (AvgIpc) is 3.11. The maximum Gasteiger partial charge on any atom is 0.265 e. The predicted octanol–water partition coefficient (Wildman–Crippen LogP) is 4.50. The number of carbonyl (C=O) groups excluding carboxylic acids is 1. The monoisotopic (exact) mass is 388 g/mol. The van der Waals surface area contributed by atoms with Gasteiger partial charge in [-0.25, -0.2) is 0 Å². The van der Waals surface area contributed by atoms with Crippen LogP contribution >= 0.6 is 0 Å². The van der Waals surface area contributed by atoms with Crippen LogP contribution in [0.15, 0.2) is 60.7 Å². The molecule has 1 aliphatic heterocycles. The second-order valence-corrected chi connectivity index (χ2v) is 6.99. The maximum absolute atomic E-state index is 12.6. The van der Waals surface area contributed by atoms with E-state index in [2.05, 4.69) is 16.4 Å². The molecule has 29 heavy (non-hydrogen) atoms. The molecule has 2 heterocycles. The van der Waals surface area contributed by atoms with Crippen molar-refractivity contribution in [3.63, 3.8) is 0 Å².